The molecular weight excluding hydrogens is 742 g/mol. The fourth-order valence-corrected chi connectivity index (χ4v) is 14.7. The zero-order valence-corrected chi connectivity index (χ0v) is 34.3. The monoisotopic (exact) mass is 781 g/mol. The average molecular weight is 782 g/mol. The van der Waals surface area contributed by atoms with Crippen molar-refractivity contribution in [1.82, 2.24) is 0 Å². The molecular formula is C55H40BN3Si. The Hall–Kier alpha value is -7.34. The van der Waals surface area contributed by atoms with Crippen LogP contribution in [0, 0.1) is 0 Å². The standard InChI is InChI=1S/C55H40BN3Si/c1-60(46-27-15-6-16-28-46)51-31-17-29-47-54(51)56-53-49(58(47)43-25-13-5-14-26-43)37-45(57(41-21-9-3-10-22-41)42-23-11-4-12-24-42)38-50(53)59(48-30-18-32-52(60)55(48)56)44-35-33-40(34-36-44)39-19-7-2-8-20-39/h2-38H,1H3. The van der Waals surface area contributed by atoms with E-state index in [1.807, 2.05) is 0 Å². The highest BCUT2D eigenvalue weighted by Gasteiger charge is 2.53. The lowest BCUT2D eigenvalue weighted by atomic mass is 9.33. The topological polar surface area (TPSA) is 9.72 Å². The minimum Gasteiger partial charge on any atom is -0.311 e. The van der Waals surface area contributed by atoms with Crippen molar-refractivity contribution < 1.29 is 0 Å². The molecule has 0 saturated heterocycles. The molecule has 12 rings (SSSR count). The minimum atomic E-state index is -2.53. The molecule has 0 aliphatic carbocycles. The molecule has 5 heteroatoms. The number of rotatable bonds is 7. The zero-order valence-electron chi connectivity index (χ0n) is 33.3. The van der Waals surface area contributed by atoms with Gasteiger partial charge in [0.25, 0.3) is 6.71 Å². The van der Waals surface area contributed by atoms with Crippen molar-refractivity contribution in [3.63, 3.8) is 0 Å². The van der Waals surface area contributed by atoms with Crippen molar-refractivity contribution in [3.8, 4) is 11.1 Å². The first-order valence-electron chi connectivity index (χ1n) is 20.9. The Kier molecular flexibility index (Phi) is 7.87. The third kappa shape index (κ3) is 5.09. The van der Waals surface area contributed by atoms with Crippen molar-refractivity contribution >= 4 is 97.9 Å². The molecule has 0 saturated carbocycles. The molecule has 0 N–H and O–H groups in total. The van der Waals surface area contributed by atoms with Gasteiger partial charge in [0.15, 0.2) is 0 Å². The fourth-order valence-electron chi connectivity index (χ4n) is 10.5. The van der Waals surface area contributed by atoms with Gasteiger partial charge < -0.3 is 14.7 Å². The predicted molar refractivity (Wildman–Crippen MR) is 258 cm³/mol. The van der Waals surface area contributed by atoms with Gasteiger partial charge in [0, 0.05) is 45.5 Å². The zero-order chi connectivity index (χ0) is 39.8. The molecule has 3 heterocycles. The van der Waals surface area contributed by atoms with Crippen LogP contribution in [0.4, 0.5) is 51.2 Å². The molecule has 0 radical (unpaired) electrons. The fraction of sp³-hybridized carbons (Fsp3) is 0.0182. The van der Waals surface area contributed by atoms with Crippen molar-refractivity contribution in [2.45, 2.75) is 6.55 Å². The molecule has 1 atom stereocenters. The minimum absolute atomic E-state index is 0.0624. The summed E-state index contributed by atoms with van der Waals surface area (Å²) < 4.78 is 0. The van der Waals surface area contributed by atoms with Crippen LogP contribution in [0.1, 0.15) is 0 Å². The van der Waals surface area contributed by atoms with Gasteiger partial charge in [-0.05, 0) is 105 Å². The molecule has 0 spiro atoms. The number of para-hydroxylation sites is 3. The Labute approximate surface area is 353 Å². The summed E-state index contributed by atoms with van der Waals surface area (Å²) in [6, 6.07) is 83.1. The Morgan fingerprint density at radius 1 is 0.367 bits per heavy atom. The van der Waals surface area contributed by atoms with Crippen LogP contribution < -0.4 is 46.6 Å². The summed E-state index contributed by atoms with van der Waals surface area (Å²) >= 11 is 0. The maximum atomic E-state index is 2.58. The maximum Gasteiger partial charge on any atom is 0.251 e. The largest absolute Gasteiger partial charge is 0.311 e. The van der Waals surface area contributed by atoms with Gasteiger partial charge >= 0.3 is 0 Å². The van der Waals surface area contributed by atoms with Gasteiger partial charge in [-0.3, -0.25) is 0 Å². The lowest BCUT2D eigenvalue weighted by Crippen LogP contribution is -2.83. The molecule has 1 unspecified atom stereocenters. The Balaban J connectivity index is 1.21. The summed E-state index contributed by atoms with van der Waals surface area (Å²) in [5, 5.41) is 4.43. The highest BCUT2D eigenvalue weighted by Crippen LogP contribution is 2.48. The van der Waals surface area contributed by atoms with Crippen LogP contribution in [0.2, 0.25) is 6.55 Å². The van der Waals surface area contributed by atoms with Gasteiger partial charge in [-0.15, -0.1) is 0 Å². The second-order valence-corrected chi connectivity index (χ2v) is 20.1. The molecule has 3 nitrogen and oxygen atoms in total. The van der Waals surface area contributed by atoms with Crippen molar-refractivity contribution in [3.05, 3.63) is 224 Å². The summed E-state index contributed by atoms with van der Waals surface area (Å²) in [5.74, 6) is 0. The number of anilines is 9. The van der Waals surface area contributed by atoms with E-state index < -0.39 is 8.07 Å². The van der Waals surface area contributed by atoms with Crippen molar-refractivity contribution in [2.75, 3.05) is 14.7 Å². The van der Waals surface area contributed by atoms with Crippen LogP contribution in [0.5, 0.6) is 0 Å². The van der Waals surface area contributed by atoms with Crippen molar-refractivity contribution in [2.24, 2.45) is 0 Å². The highest BCUT2D eigenvalue weighted by atomic mass is 28.3. The van der Waals surface area contributed by atoms with E-state index in [4.69, 9.17) is 0 Å². The van der Waals surface area contributed by atoms with E-state index >= 15 is 0 Å². The molecule has 3 aliphatic rings. The quantitative estimate of drug-likeness (QED) is 0.149. The van der Waals surface area contributed by atoms with E-state index in [1.165, 1.54) is 65.8 Å². The third-order valence-electron chi connectivity index (χ3n) is 13.1. The number of hydrogen-bond acceptors (Lipinski definition) is 3. The second kappa shape index (κ2) is 13.6. The molecule has 0 fully saturated rings. The third-order valence-corrected chi connectivity index (χ3v) is 17.6. The first kappa shape index (κ1) is 34.7. The smallest absolute Gasteiger partial charge is 0.251 e. The molecule has 9 aromatic carbocycles. The Bertz CT molecular complexity index is 3010. The van der Waals surface area contributed by atoms with Crippen LogP contribution in [0.3, 0.4) is 0 Å². The van der Waals surface area contributed by atoms with E-state index in [0.29, 0.717) is 0 Å². The van der Waals surface area contributed by atoms with Gasteiger partial charge in [-0.25, -0.2) is 0 Å². The normalized spacial score (nSPS) is 15.4. The predicted octanol–water partition coefficient (Wildman–Crippen LogP) is 10.3. The summed E-state index contributed by atoms with van der Waals surface area (Å²) in [4.78, 5) is 7.54. The van der Waals surface area contributed by atoms with E-state index in [1.54, 1.807) is 0 Å². The average Bonchev–Trinajstić information content (AvgIpc) is 3.32. The van der Waals surface area contributed by atoms with E-state index in [2.05, 4.69) is 246 Å². The summed E-state index contributed by atoms with van der Waals surface area (Å²) in [6.07, 6.45) is 0. The van der Waals surface area contributed by atoms with Crippen LogP contribution in [0.15, 0.2) is 224 Å². The van der Waals surface area contributed by atoms with Gasteiger partial charge in [0.05, 0.1) is 5.69 Å². The molecule has 3 aliphatic heterocycles. The second-order valence-electron chi connectivity index (χ2n) is 16.2. The van der Waals surface area contributed by atoms with Crippen molar-refractivity contribution in [1.29, 1.82) is 0 Å². The van der Waals surface area contributed by atoms with Gasteiger partial charge in [-0.1, -0.05) is 169 Å². The molecule has 282 valence electrons. The molecule has 0 bridgehead atoms. The van der Waals surface area contributed by atoms with Crippen LogP contribution in [0.25, 0.3) is 11.1 Å². The van der Waals surface area contributed by atoms with Gasteiger partial charge in [-0.2, -0.15) is 0 Å². The molecule has 9 aromatic rings. The van der Waals surface area contributed by atoms with Crippen LogP contribution in [-0.2, 0) is 0 Å². The highest BCUT2D eigenvalue weighted by molar-refractivity contribution is 7.21. The Morgan fingerprint density at radius 2 is 0.800 bits per heavy atom. The first-order chi connectivity index (χ1) is 29.7. The summed E-state index contributed by atoms with van der Waals surface area (Å²) in [6.45, 7) is 2.65. The number of benzene rings is 9. The number of hydrogen-bond donors (Lipinski definition) is 0. The van der Waals surface area contributed by atoms with Crippen LogP contribution >= 0.6 is 0 Å². The number of nitrogens with zero attached hydrogens (tertiary/aromatic N) is 3. The van der Waals surface area contributed by atoms with E-state index in [9.17, 15) is 0 Å². The lowest BCUT2D eigenvalue weighted by Gasteiger charge is -2.51. The van der Waals surface area contributed by atoms with Gasteiger partial charge in [0.2, 0.25) is 0 Å². The summed E-state index contributed by atoms with van der Waals surface area (Å²) in [5.41, 5.74) is 17.2. The van der Waals surface area contributed by atoms with Gasteiger partial charge in [0.1, 0.15) is 8.07 Å². The SMILES string of the molecule is C[Si]1(c2ccccc2)c2cccc3c2B2c4c(cc(N(c5ccccc5)c5ccccc5)cc4N(c4ccc(-c5ccccc5)cc4)c4cccc1c42)N3c1ccccc1. The maximum absolute atomic E-state index is 2.58. The molecule has 0 amide bonds. The summed E-state index contributed by atoms with van der Waals surface area (Å²) in [7, 11) is -2.53. The van der Waals surface area contributed by atoms with Crippen LogP contribution in [-0.4, -0.2) is 14.8 Å². The van der Waals surface area contributed by atoms with E-state index in [-0.39, 0.29) is 6.71 Å². The Morgan fingerprint density at radius 3 is 1.32 bits per heavy atom. The molecule has 60 heavy (non-hydrogen) atoms. The first-order valence-corrected chi connectivity index (χ1v) is 23.4. The van der Waals surface area contributed by atoms with E-state index in [0.717, 1.165) is 28.4 Å². The lowest BCUT2D eigenvalue weighted by molar-refractivity contribution is 1.23. The molecule has 0 aromatic heterocycles.